The number of nitrogens with zero attached hydrogens (tertiary/aromatic N) is 4. The zero-order valence-corrected chi connectivity index (χ0v) is 56.7. The molecule has 18 rings (SSSR count). The highest BCUT2D eigenvalue weighted by molar-refractivity contribution is 6.34. The fourth-order valence-electron chi connectivity index (χ4n) is 14.9. The Balaban J connectivity index is 0.000000156. The molecule has 0 atom stereocenters. The van der Waals surface area contributed by atoms with E-state index in [-0.39, 0.29) is 0 Å². The van der Waals surface area contributed by atoms with E-state index in [0.717, 1.165) is 45.5 Å². The molecule has 0 aliphatic rings. The molecular formula is C97H72N4. The summed E-state index contributed by atoms with van der Waals surface area (Å²) in [5.74, 6) is 0. The molecule has 0 heterocycles. The van der Waals surface area contributed by atoms with Gasteiger partial charge in [0, 0.05) is 75.8 Å². The van der Waals surface area contributed by atoms with Crippen LogP contribution in [-0.2, 0) is 0 Å². The third-order valence-corrected chi connectivity index (χ3v) is 20.2. The van der Waals surface area contributed by atoms with Crippen LogP contribution < -0.4 is 19.6 Å². The maximum absolute atomic E-state index is 2.37. The molecule has 4 nitrogen and oxygen atoms in total. The number of anilines is 10. The second-order valence-electron chi connectivity index (χ2n) is 26.2. The standard InChI is InChI=1S/C55H38N2.C42H34N2/c1-56(52-36-35-50-48-19-8-16-42-15-7-18-47(54(42)48)49-20-10-21-51(52)55(49)50)43-29-23-39(24-30-43)40-27-33-45(34-28-40)57(53-22-9-14-41-13-5-6-17-46(41)53)44-31-25-38(26-32-44)37-11-3-2-4-12-37;1-31-15-23-37(24-16-31)43(2)38-25-17-34(18-26-38)35-21-29-40(30-22-35)44(42-14-8-12-36-11-6-7-13-41(36)42)39-27-19-33(20-28-39)32-9-4-3-5-10-32/h2-36H,1H3;3-30H,1-2H3. The zero-order valence-electron chi connectivity index (χ0n) is 56.7. The van der Waals surface area contributed by atoms with E-state index in [1.807, 2.05) is 0 Å². The molecule has 0 aliphatic heterocycles. The minimum absolute atomic E-state index is 1.11. The molecule has 101 heavy (non-hydrogen) atoms. The highest BCUT2D eigenvalue weighted by Crippen LogP contribution is 2.46. The van der Waals surface area contributed by atoms with E-state index >= 15 is 0 Å². The number of aryl methyl sites for hydroxylation is 1. The number of fused-ring (bicyclic) bond motifs is 4. The Morgan fingerprint density at radius 2 is 0.446 bits per heavy atom. The van der Waals surface area contributed by atoms with E-state index in [1.54, 1.807) is 0 Å². The lowest BCUT2D eigenvalue weighted by atomic mass is 9.89. The predicted molar refractivity (Wildman–Crippen MR) is 434 cm³/mol. The molecule has 18 aromatic carbocycles. The maximum atomic E-state index is 2.37. The van der Waals surface area contributed by atoms with Gasteiger partial charge >= 0.3 is 0 Å². The summed E-state index contributed by atoms with van der Waals surface area (Å²) in [5, 5.41) is 15.4. The van der Waals surface area contributed by atoms with Crippen LogP contribution in [0.3, 0.4) is 0 Å². The van der Waals surface area contributed by atoms with Gasteiger partial charge in [0.2, 0.25) is 0 Å². The van der Waals surface area contributed by atoms with Crippen LogP contribution in [0.25, 0.3) is 109 Å². The van der Waals surface area contributed by atoms with E-state index in [4.69, 9.17) is 0 Å². The van der Waals surface area contributed by atoms with Crippen molar-refractivity contribution in [2.24, 2.45) is 0 Å². The van der Waals surface area contributed by atoms with Crippen LogP contribution in [0.2, 0.25) is 0 Å². The van der Waals surface area contributed by atoms with Crippen LogP contribution in [0, 0.1) is 6.92 Å². The molecular weight excluding hydrogens is 1220 g/mol. The summed E-state index contributed by atoms with van der Waals surface area (Å²) >= 11 is 0. The highest BCUT2D eigenvalue weighted by atomic mass is 15.2. The summed E-state index contributed by atoms with van der Waals surface area (Å²) in [6, 6.07) is 138. The molecule has 0 fully saturated rings. The molecule has 0 saturated carbocycles. The van der Waals surface area contributed by atoms with Crippen molar-refractivity contribution in [2.75, 3.05) is 33.7 Å². The van der Waals surface area contributed by atoms with Crippen LogP contribution in [0.1, 0.15) is 5.56 Å². The largest absolute Gasteiger partial charge is 0.345 e. The first-order valence-electron chi connectivity index (χ1n) is 34.7. The minimum atomic E-state index is 1.11. The van der Waals surface area contributed by atoms with Crippen molar-refractivity contribution in [1.29, 1.82) is 0 Å². The van der Waals surface area contributed by atoms with Crippen LogP contribution in [0.5, 0.6) is 0 Å². The van der Waals surface area contributed by atoms with Gasteiger partial charge in [-0.15, -0.1) is 0 Å². The predicted octanol–water partition coefficient (Wildman–Crippen LogP) is 27.2. The van der Waals surface area contributed by atoms with E-state index in [1.165, 1.54) is 126 Å². The SMILES string of the molecule is CN(c1ccc(-c2ccc(N(c3ccc(-c4ccccc4)cc3)c3cccc4ccccc34)cc2)cc1)c1ccc2c3cccc4cccc(c5cccc1c52)c43.Cc1ccc(N(C)c2ccc(-c3ccc(N(c4ccc(-c5ccccc5)cc4)c4cccc5ccccc45)cc3)cc2)cc1. The van der Waals surface area contributed by atoms with Crippen LogP contribution in [0.15, 0.2) is 382 Å². The number of hydrogen-bond acceptors (Lipinski definition) is 4. The van der Waals surface area contributed by atoms with Crippen molar-refractivity contribution >= 4 is 122 Å². The Bertz CT molecular complexity index is 5880. The molecule has 480 valence electrons. The summed E-state index contributed by atoms with van der Waals surface area (Å²) < 4.78 is 0. The normalized spacial score (nSPS) is 11.3. The Morgan fingerprint density at radius 1 is 0.168 bits per heavy atom. The van der Waals surface area contributed by atoms with Gasteiger partial charge in [-0.1, -0.05) is 285 Å². The first kappa shape index (κ1) is 61.6. The molecule has 0 spiro atoms. The first-order valence-corrected chi connectivity index (χ1v) is 34.7. The topological polar surface area (TPSA) is 13.0 Å². The van der Waals surface area contributed by atoms with Gasteiger partial charge in [0.25, 0.3) is 0 Å². The number of hydrogen-bond donors (Lipinski definition) is 0. The van der Waals surface area contributed by atoms with E-state index < -0.39 is 0 Å². The molecule has 0 unspecified atom stereocenters. The van der Waals surface area contributed by atoms with Crippen LogP contribution in [-0.4, -0.2) is 14.1 Å². The van der Waals surface area contributed by atoms with Gasteiger partial charge in [0.15, 0.2) is 0 Å². The summed E-state index contributed by atoms with van der Waals surface area (Å²) in [4.78, 5) is 9.28. The lowest BCUT2D eigenvalue weighted by Crippen LogP contribution is -2.10. The second-order valence-corrected chi connectivity index (χ2v) is 26.2. The number of benzene rings is 18. The van der Waals surface area contributed by atoms with Gasteiger partial charge in [-0.05, 0) is 203 Å². The fraction of sp³-hybridized carbons (Fsp3) is 0.0309. The van der Waals surface area contributed by atoms with E-state index in [0.29, 0.717) is 0 Å². The number of rotatable bonds is 14. The average Bonchev–Trinajstić information content (AvgIpc) is 0.719. The van der Waals surface area contributed by atoms with E-state index in [9.17, 15) is 0 Å². The van der Waals surface area contributed by atoms with Gasteiger partial charge in [0.05, 0.1) is 11.4 Å². The Morgan fingerprint density at radius 3 is 0.861 bits per heavy atom. The van der Waals surface area contributed by atoms with Crippen molar-refractivity contribution in [2.45, 2.75) is 6.92 Å². The molecule has 0 aliphatic carbocycles. The zero-order chi connectivity index (χ0) is 67.8. The van der Waals surface area contributed by atoms with Crippen molar-refractivity contribution in [3.8, 4) is 44.5 Å². The third-order valence-electron chi connectivity index (χ3n) is 20.2. The summed E-state index contributed by atoms with van der Waals surface area (Å²) in [7, 11) is 4.29. The minimum Gasteiger partial charge on any atom is -0.345 e. The smallest absolute Gasteiger partial charge is 0.0540 e. The summed E-state index contributed by atoms with van der Waals surface area (Å²) in [6.07, 6.45) is 0. The van der Waals surface area contributed by atoms with Gasteiger partial charge in [0.1, 0.15) is 0 Å². The molecule has 0 N–H and O–H groups in total. The molecule has 0 saturated heterocycles. The first-order chi connectivity index (χ1) is 49.8. The fourth-order valence-corrected chi connectivity index (χ4v) is 14.9. The average molecular weight is 1290 g/mol. The van der Waals surface area contributed by atoms with Crippen molar-refractivity contribution in [3.05, 3.63) is 388 Å². The second kappa shape index (κ2) is 26.8. The van der Waals surface area contributed by atoms with Crippen LogP contribution >= 0.6 is 0 Å². The highest BCUT2D eigenvalue weighted by Gasteiger charge is 2.21. The van der Waals surface area contributed by atoms with Crippen molar-refractivity contribution in [1.82, 2.24) is 0 Å². The lowest BCUT2D eigenvalue weighted by Gasteiger charge is -2.27. The molecule has 0 amide bonds. The van der Waals surface area contributed by atoms with Gasteiger partial charge in [-0.25, -0.2) is 0 Å². The van der Waals surface area contributed by atoms with E-state index in [2.05, 4.69) is 423 Å². The Labute approximate surface area is 590 Å². The molecule has 0 aromatic heterocycles. The monoisotopic (exact) mass is 1290 g/mol. The van der Waals surface area contributed by atoms with Gasteiger partial charge in [-0.3, -0.25) is 0 Å². The van der Waals surface area contributed by atoms with Crippen molar-refractivity contribution in [3.63, 3.8) is 0 Å². The molecule has 4 heteroatoms. The van der Waals surface area contributed by atoms with Crippen molar-refractivity contribution < 1.29 is 0 Å². The summed E-state index contributed by atoms with van der Waals surface area (Å²) in [6.45, 7) is 2.12. The maximum Gasteiger partial charge on any atom is 0.0540 e. The lowest BCUT2D eigenvalue weighted by molar-refractivity contribution is 1.20. The van der Waals surface area contributed by atoms with Crippen LogP contribution in [0.4, 0.5) is 56.9 Å². The molecule has 18 aromatic rings. The van der Waals surface area contributed by atoms with Gasteiger partial charge < -0.3 is 19.6 Å². The Kier molecular flexibility index (Phi) is 16.3. The molecule has 0 bridgehead atoms. The quantitative estimate of drug-likeness (QED) is 0.0795. The van der Waals surface area contributed by atoms with Gasteiger partial charge in [-0.2, -0.15) is 0 Å². The Hall–Kier alpha value is -13.0. The summed E-state index contributed by atoms with van der Waals surface area (Å²) in [5.41, 5.74) is 22.3. The molecule has 0 radical (unpaired) electrons. The third kappa shape index (κ3) is 11.9.